The summed E-state index contributed by atoms with van der Waals surface area (Å²) < 4.78 is 6.63. The van der Waals surface area contributed by atoms with Crippen LogP contribution in [-0.4, -0.2) is 16.8 Å². The Labute approximate surface area is 187 Å². The van der Waals surface area contributed by atoms with E-state index in [1.165, 1.54) is 4.90 Å². The molecule has 7 heteroatoms. The number of carbonyl (C=O) groups excluding carboxylic acids is 2. The highest BCUT2D eigenvalue weighted by molar-refractivity contribution is 9.10. The molecule has 0 aliphatic carbocycles. The molecule has 6 nitrogen and oxygen atoms in total. The highest BCUT2D eigenvalue weighted by Crippen LogP contribution is 2.42. The molecule has 31 heavy (non-hydrogen) atoms. The maximum absolute atomic E-state index is 13.1. The van der Waals surface area contributed by atoms with Crippen molar-refractivity contribution in [2.24, 2.45) is 0 Å². The summed E-state index contributed by atoms with van der Waals surface area (Å²) in [6.45, 7) is 3.62. The second kappa shape index (κ2) is 7.89. The Balaban J connectivity index is 1.93. The number of carbonyl (C=O) groups is 2. The maximum atomic E-state index is 13.1. The Kier molecular flexibility index (Phi) is 5.25. The minimum atomic E-state index is -0.939. The molecule has 0 bridgehead atoms. The molecule has 1 saturated heterocycles. The minimum absolute atomic E-state index is 0.0505. The number of ketones is 1. The molecular weight excluding hydrogens is 460 g/mol. The van der Waals surface area contributed by atoms with E-state index in [-0.39, 0.29) is 11.3 Å². The van der Waals surface area contributed by atoms with E-state index in [2.05, 4.69) is 15.9 Å². The van der Waals surface area contributed by atoms with Crippen molar-refractivity contribution in [1.29, 1.82) is 5.26 Å². The second-order valence-corrected chi connectivity index (χ2v) is 8.09. The fourth-order valence-corrected chi connectivity index (χ4v) is 3.86. The normalized spacial score (nSPS) is 17.7. The van der Waals surface area contributed by atoms with E-state index < -0.39 is 17.7 Å². The second-order valence-electron chi connectivity index (χ2n) is 7.24. The van der Waals surface area contributed by atoms with Gasteiger partial charge in [0.25, 0.3) is 11.7 Å². The molecule has 1 aliphatic rings. The van der Waals surface area contributed by atoms with Crippen LogP contribution in [0.3, 0.4) is 0 Å². The van der Waals surface area contributed by atoms with Crippen LogP contribution in [0, 0.1) is 25.2 Å². The van der Waals surface area contributed by atoms with Gasteiger partial charge >= 0.3 is 0 Å². The van der Waals surface area contributed by atoms with Gasteiger partial charge in [-0.3, -0.25) is 14.5 Å². The zero-order chi connectivity index (χ0) is 22.3. The molecule has 0 saturated carbocycles. The molecular formula is C24H17BrN2O4. The highest BCUT2D eigenvalue weighted by Gasteiger charge is 2.48. The molecule has 0 spiro atoms. The number of nitriles is 1. The van der Waals surface area contributed by atoms with Crippen LogP contribution in [0.2, 0.25) is 0 Å². The molecule has 1 unspecified atom stereocenters. The monoisotopic (exact) mass is 476 g/mol. The third-order valence-electron chi connectivity index (χ3n) is 5.18. The zero-order valence-electron chi connectivity index (χ0n) is 16.7. The standard InChI is InChI=1S/C24H17BrN2O4/c1-13-11-16(6-9-18(13)25)22(28)20-21(19-10-3-14(2)31-19)27(24(30)23(20)29)17-7-4-15(12-26)5-8-17/h3-11,21,28H,1-2H3/b22-20-. The third kappa shape index (κ3) is 3.56. The van der Waals surface area contributed by atoms with E-state index in [0.717, 1.165) is 10.0 Å². The lowest BCUT2D eigenvalue weighted by Crippen LogP contribution is -2.29. The number of aliphatic hydroxyl groups excluding tert-OH is 1. The van der Waals surface area contributed by atoms with Crippen LogP contribution in [0.5, 0.6) is 0 Å². The Bertz CT molecular complexity index is 1280. The van der Waals surface area contributed by atoms with E-state index in [9.17, 15) is 14.7 Å². The van der Waals surface area contributed by atoms with Crippen LogP contribution >= 0.6 is 15.9 Å². The smallest absolute Gasteiger partial charge is 0.300 e. The van der Waals surface area contributed by atoms with Gasteiger partial charge in [0.15, 0.2) is 0 Å². The number of furan rings is 1. The quantitative estimate of drug-likeness (QED) is 0.320. The van der Waals surface area contributed by atoms with Gasteiger partial charge in [0.05, 0.1) is 17.2 Å². The van der Waals surface area contributed by atoms with E-state index in [1.54, 1.807) is 61.5 Å². The third-order valence-corrected chi connectivity index (χ3v) is 6.07. The van der Waals surface area contributed by atoms with Crippen LogP contribution in [-0.2, 0) is 9.59 Å². The van der Waals surface area contributed by atoms with Crippen LogP contribution in [0.4, 0.5) is 5.69 Å². The number of hydrogen-bond donors (Lipinski definition) is 1. The fraction of sp³-hybridized carbons (Fsp3) is 0.125. The van der Waals surface area contributed by atoms with E-state index in [0.29, 0.717) is 28.3 Å². The van der Waals surface area contributed by atoms with Gasteiger partial charge in [0, 0.05) is 15.7 Å². The predicted octanol–water partition coefficient (Wildman–Crippen LogP) is 5.16. The van der Waals surface area contributed by atoms with Crippen molar-refractivity contribution in [1.82, 2.24) is 0 Å². The molecule has 2 heterocycles. The summed E-state index contributed by atoms with van der Waals surface area (Å²) in [6, 6.07) is 16.0. The maximum Gasteiger partial charge on any atom is 0.300 e. The Morgan fingerprint density at radius 1 is 1.10 bits per heavy atom. The van der Waals surface area contributed by atoms with Gasteiger partial charge in [0.2, 0.25) is 0 Å². The van der Waals surface area contributed by atoms with Crippen molar-refractivity contribution in [2.45, 2.75) is 19.9 Å². The van der Waals surface area contributed by atoms with Gasteiger partial charge in [-0.05, 0) is 67.9 Å². The number of rotatable bonds is 3. The van der Waals surface area contributed by atoms with Crippen molar-refractivity contribution in [3.05, 3.63) is 92.9 Å². The summed E-state index contributed by atoms with van der Waals surface area (Å²) >= 11 is 3.42. The largest absolute Gasteiger partial charge is 0.507 e. The van der Waals surface area contributed by atoms with Gasteiger partial charge in [-0.25, -0.2) is 0 Å². The summed E-state index contributed by atoms with van der Waals surface area (Å²) in [7, 11) is 0. The Morgan fingerprint density at radius 3 is 2.39 bits per heavy atom. The fourth-order valence-electron chi connectivity index (χ4n) is 3.61. The van der Waals surface area contributed by atoms with Gasteiger partial charge < -0.3 is 9.52 Å². The Morgan fingerprint density at radius 2 is 1.81 bits per heavy atom. The van der Waals surface area contributed by atoms with Crippen molar-refractivity contribution in [3.8, 4) is 6.07 Å². The molecule has 154 valence electrons. The Hall–Kier alpha value is -3.63. The number of anilines is 1. The summed E-state index contributed by atoms with van der Waals surface area (Å²) in [5, 5.41) is 20.1. The van der Waals surface area contributed by atoms with Crippen molar-refractivity contribution >= 4 is 39.1 Å². The lowest BCUT2D eigenvalue weighted by molar-refractivity contribution is -0.132. The zero-order valence-corrected chi connectivity index (χ0v) is 18.3. The first-order valence-corrected chi connectivity index (χ1v) is 10.2. The number of aliphatic hydroxyl groups is 1. The number of nitrogens with zero attached hydrogens (tertiary/aromatic N) is 2. The molecule has 1 amide bonds. The summed E-state index contributed by atoms with van der Waals surface area (Å²) in [5.41, 5.74) is 2.09. The van der Waals surface area contributed by atoms with Crippen LogP contribution < -0.4 is 4.90 Å². The van der Waals surface area contributed by atoms with E-state index >= 15 is 0 Å². The van der Waals surface area contributed by atoms with Crippen molar-refractivity contribution in [3.63, 3.8) is 0 Å². The first kappa shape index (κ1) is 20.6. The first-order chi connectivity index (χ1) is 14.8. The number of halogens is 1. The van der Waals surface area contributed by atoms with E-state index in [4.69, 9.17) is 9.68 Å². The van der Waals surface area contributed by atoms with Crippen LogP contribution in [0.1, 0.15) is 34.3 Å². The molecule has 1 fully saturated rings. The molecule has 1 N–H and O–H groups in total. The van der Waals surface area contributed by atoms with Gasteiger partial charge in [-0.1, -0.05) is 22.0 Å². The minimum Gasteiger partial charge on any atom is -0.507 e. The summed E-state index contributed by atoms with van der Waals surface area (Å²) in [4.78, 5) is 27.4. The van der Waals surface area contributed by atoms with Crippen molar-refractivity contribution in [2.75, 3.05) is 4.90 Å². The average molecular weight is 477 g/mol. The molecule has 3 aromatic rings. The van der Waals surface area contributed by atoms with Crippen molar-refractivity contribution < 1.29 is 19.1 Å². The lowest BCUT2D eigenvalue weighted by atomic mass is 9.98. The van der Waals surface area contributed by atoms with Gasteiger partial charge in [0.1, 0.15) is 23.3 Å². The number of aryl methyl sites for hydroxylation is 2. The van der Waals surface area contributed by atoms with Crippen LogP contribution in [0.15, 0.2) is 69.1 Å². The molecule has 4 rings (SSSR count). The van der Waals surface area contributed by atoms with Crippen LogP contribution in [0.25, 0.3) is 5.76 Å². The van der Waals surface area contributed by atoms with Gasteiger partial charge in [-0.2, -0.15) is 5.26 Å². The number of benzene rings is 2. The average Bonchev–Trinajstić information content (AvgIpc) is 3.30. The highest BCUT2D eigenvalue weighted by atomic mass is 79.9. The number of Topliss-reactive ketones (excluding diaryl/α,β-unsaturated/α-hetero) is 1. The summed E-state index contributed by atoms with van der Waals surface area (Å²) in [5.74, 6) is -0.888. The predicted molar refractivity (Wildman–Crippen MR) is 118 cm³/mol. The molecule has 1 aromatic heterocycles. The van der Waals surface area contributed by atoms with E-state index in [1.807, 2.05) is 13.0 Å². The first-order valence-electron chi connectivity index (χ1n) is 9.46. The number of hydrogen-bond acceptors (Lipinski definition) is 5. The molecule has 1 atom stereocenters. The molecule has 2 aromatic carbocycles. The molecule has 0 radical (unpaired) electrons. The molecule has 1 aliphatic heterocycles. The topological polar surface area (TPSA) is 94.5 Å². The lowest BCUT2D eigenvalue weighted by Gasteiger charge is -2.23. The SMILES string of the molecule is Cc1ccc(C2/C(=C(/O)c3ccc(Br)c(C)c3)C(=O)C(=O)N2c2ccc(C#N)cc2)o1. The number of amides is 1. The summed E-state index contributed by atoms with van der Waals surface area (Å²) in [6.07, 6.45) is 0. The van der Waals surface area contributed by atoms with Gasteiger partial charge in [-0.15, -0.1) is 0 Å².